The smallest absolute Gasteiger partial charge is 0.231 e. The number of aryl methyl sites for hydroxylation is 1. The molecule has 26 heavy (non-hydrogen) atoms. The number of rotatable bonds is 4. The van der Waals surface area contributed by atoms with Gasteiger partial charge in [-0.05, 0) is 36.2 Å². The third kappa shape index (κ3) is 3.58. The van der Waals surface area contributed by atoms with E-state index in [1.807, 2.05) is 47.4 Å². The van der Waals surface area contributed by atoms with Crippen molar-refractivity contribution in [3.05, 3.63) is 53.1 Å². The molecule has 2 aromatic carbocycles. The van der Waals surface area contributed by atoms with Crippen LogP contribution >= 0.6 is 11.6 Å². The molecule has 2 heterocycles. The molecule has 6 heteroatoms. The normalized spacial score (nSPS) is 16.0. The maximum atomic E-state index is 12.5. The number of carbonyl (C=O) groups is 1. The van der Waals surface area contributed by atoms with Crippen molar-refractivity contribution in [2.75, 3.05) is 37.9 Å². The minimum atomic E-state index is 0.196. The summed E-state index contributed by atoms with van der Waals surface area (Å²) in [4.78, 5) is 16.7. The summed E-state index contributed by atoms with van der Waals surface area (Å²) in [6, 6.07) is 13.7. The number of hydrogen-bond acceptors (Lipinski definition) is 4. The van der Waals surface area contributed by atoms with Gasteiger partial charge >= 0.3 is 0 Å². The highest BCUT2D eigenvalue weighted by Gasteiger charge is 2.22. The van der Waals surface area contributed by atoms with E-state index < -0.39 is 0 Å². The molecule has 0 radical (unpaired) electrons. The SMILES string of the molecule is O=C(CCc1ccc2c(c1)OCO2)N1CCN(c2ccccc2Cl)CC1. The number of carbonyl (C=O) groups excluding carboxylic acids is 1. The Hall–Kier alpha value is -2.40. The van der Waals surface area contributed by atoms with Gasteiger partial charge in [-0.25, -0.2) is 0 Å². The van der Waals surface area contributed by atoms with E-state index in [4.69, 9.17) is 21.1 Å². The second-order valence-corrected chi connectivity index (χ2v) is 6.91. The number of para-hydroxylation sites is 1. The monoisotopic (exact) mass is 372 g/mol. The Balaban J connectivity index is 1.29. The first-order chi connectivity index (χ1) is 12.7. The molecule has 136 valence electrons. The van der Waals surface area contributed by atoms with Crippen LogP contribution in [0.4, 0.5) is 5.69 Å². The lowest BCUT2D eigenvalue weighted by molar-refractivity contribution is -0.131. The number of piperazine rings is 1. The number of halogens is 1. The third-order valence-corrected chi connectivity index (χ3v) is 5.21. The van der Waals surface area contributed by atoms with E-state index in [0.717, 1.165) is 54.0 Å². The number of ether oxygens (including phenoxy) is 2. The van der Waals surface area contributed by atoms with Crippen molar-refractivity contribution in [1.29, 1.82) is 0 Å². The molecular weight excluding hydrogens is 352 g/mol. The largest absolute Gasteiger partial charge is 0.454 e. The molecule has 1 saturated heterocycles. The number of fused-ring (bicyclic) bond motifs is 1. The zero-order valence-corrected chi connectivity index (χ0v) is 15.2. The quantitative estimate of drug-likeness (QED) is 0.825. The molecule has 0 bridgehead atoms. The van der Waals surface area contributed by atoms with Gasteiger partial charge in [0.15, 0.2) is 11.5 Å². The highest BCUT2D eigenvalue weighted by atomic mass is 35.5. The number of benzene rings is 2. The van der Waals surface area contributed by atoms with E-state index in [1.54, 1.807) is 0 Å². The van der Waals surface area contributed by atoms with Gasteiger partial charge in [0.25, 0.3) is 0 Å². The summed E-state index contributed by atoms with van der Waals surface area (Å²) in [5.74, 6) is 1.74. The lowest BCUT2D eigenvalue weighted by Gasteiger charge is -2.36. The summed E-state index contributed by atoms with van der Waals surface area (Å²) in [7, 11) is 0. The summed E-state index contributed by atoms with van der Waals surface area (Å²) in [6.07, 6.45) is 1.21. The van der Waals surface area contributed by atoms with E-state index in [2.05, 4.69) is 4.90 Å². The molecule has 0 unspecified atom stereocenters. The van der Waals surface area contributed by atoms with Crippen LogP contribution in [-0.2, 0) is 11.2 Å². The summed E-state index contributed by atoms with van der Waals surface area (Å²) >= 11 is 6.27. The van der Waals surface area contributed by atoms with Crippen LogP contribution in [0.3, 0.4) is 0 Å². The molecule has 1 fully saturated rings. The van der Waals surface area contributed by atoms with Crippen molar-refractivity contribution < 1.29 is 14.3 Å². The predicted octanol–water partition coefficient (Wildman–Crippen LogP) is 3.35. The first-order valence-electron chi connectivity index (χ1n) is 8.86. The Kier molecular flexibility index (Phi) is 4.89. The van der Waals surface area contributed by atoms with E-state index >= 15 is 0 Å². The van der Waals surface area contributed by atoms with Crippen LogP contribution in [0, 0.1) is 0 Å². The van der Waals surface area contributed by atoms with Gasteiger partial charge in [-0.15, -0.1) is 0 Å². The Bertz CT molecular complexity index is 803. The fourth-order valence-electron chi connectivity index (χ4n) is 3.41. The molecule has 0 aliphatic carbocycles. The van der Waals surface area contributed by atoms with Crippen LogP contribution < -0.4 is 14.4 Å². The first-order valence-corrected chi connectivity index (χ1v) is 9.24. The molecule has 5 nitrogen and oxygen atoms in total. The second-order valence-electron chi connectivity index (χ2n) is 6.51. The Morgan fingerprint density at radius 3 is 2.58 bits per heavy atom. The summed E-state index contributed by atoms with van der Waals surface area (Å²) < 4.78 is 10.7. The lowest BCUT2D eigenvalue weighted by atomic mass is 10.1. The minimum Gasteiger partial charge on any atom is -0.454 e. The van der Waals surface area contributed by atoms with Crippen molar-refractivity contribution >= 4 is 23.2 Å². The topological polar surface area (TPSA) is 42.0 Å². The van der Waals surface area contributed by atoms with E-state index in [0.29, 0.717) is 12.8 Å². The summed E-state index contributed by atoms with van der Waals surface area (Å²) in [6.45, 7) is 3.34. The Morgan fingerprint density at radius 2 is 1.77 bits per heavy atom. The van der Waals surface area contributed by atoms with Crippen LogP contribution in [0.1, 0.15) is 12.0 Å². The van der Waals surface area contributed by atoms with Gasteiger partial charge in [0.05, 0.1) is 10.7 Å². The van der Waals surface area contributed by atoms with Crippen LogP contribution in [-0.4, -0.2) is 43.8 Å². The number of amides is 1. The van der Waals surface area contributed by atoms with Crippen LogP contribution in [0.2, 0.25) is 5.02 Å². The fourth-order valence-corrected chi connectivity index (χ4v) is 3.67. The highest BCUT2D eigenvalue weighted by molar-refractivity contribution is 6.33. The van der Waals surface area contributed by atoms with Crippen molar-refractivity contribution in [2.45, 2.75) is 12.8 Å². The van der Waals surface area contributed by atoms with Crippen molar-refractivity contribution in [3.8, 4) is 11.5 Å². The molecular formula is C20H21ClN2O3. The number of nitrogens with zero attached hydrogens (tertiary/aromatic N) is 2. The van der Waals surface area contributed by atoms with Crippen molar-refractivity contribution in [2.24, 2.45) is 0 Å². The molecule has 2 aromatic rings. The van der Waals surface area contributed by atoms with Gasteiger partial charge in [0.1, 0.15) is 0 Å². The molecule has 2 aliphatic heterocycles. The van der Waals surface area contributed by atoms with Gasteiger partial charge in [0.2, 0.25) is 12.7 Å². The lowest BCUT2D eigenvalue weighted by Crippen LogP contribution is -2.48. The van der Waals surface area contributed by atoms with Gasteiger partial charge in [0, 0.05) is 32.6 Å². The van der Waals surface area contributed by atoms with E-state index in [-0.39, 0.29) is 12.7 Å². The Morgan fingerprint density at radius 1 is 1.00 bits per heavy atom. The van der Waals surface area contributed by atoms with Gasteiger partial charge in [-0.2, -0.15) is 0 Å². The average molecular weight is 373 g/mol. The molecule has 1 amide bonds. The molecule has 4 rings (SSSR count). The van der Waals surface area contributed by atoms with E-state index in [1.165, 1.54) is 0 Å². The maximum absolute atomic E-state index is 12.5. The molecule has 2 aliphatic rings. The van der Waals surface area contributed by atoms with E-state index in [9.17, 15) is 4.79 Å². The molecule has 0 saturated carbocycles. The second kappa shape index (κ2) is 7.46. The molecule has 0 aromatic heterocycles. The standard InChI is InChI=1S/C20H21ClN2O3/c21-16-3-1-2-4-17(16)22-9-11-23(12-10-22)20(24)8-6-15-5-7-18-19(13-15)26-14-25-18/h1-5,7,13H,6,8-12,14H2. The van der Waals surface area contributed by atoms with Gasteiger partial charge in [-0.3, -0.25) is 4.79 Å². The van der Waals surface area contributed by atoms with Crippen molar-refractivity contribution in [1.82, 2.24) is 4.90 Å². The zero-order chi connectivity index (χ0) is 17.9. The Labute approximate surface area is 158 Å². The molecule has 0 N–H and O–H groups in total. The molecule has 0 spiro atoms. The predicted molar refractivity (Wildman–Crippen MR) is 101 cm³/mol. The first kappa shape index (κ1) is 17.0. The molecule has 0 atom stereocenters. The number of hydrogen-bond donors (Lipinski definition) is 0. The van der Waals surface area contributed by atoms with Crippen LogP contribution in [0.25, 0.3) is 0 Å². The van der Waals surface area contributed by atoms with Gasteiger partial charge < -0.3 is 19.3 Å². The van der Waals surface area contributed by atoms with Crippen LogP contribution in [0.15, 0.2) is 42.5 Å². The third-order valence-electron chi connectivity index (χ3n) is 4.89. The summed E-state index contributed by atoms with van der Waals surface area (Å²) in [5.41, 5.74) is 2.14. The summed E-state index contributed by atoms with van der Waals surface area (Å²) in [5, 5.41) is 0.759. The van der Waals surface area contributed by atoms with Gasteiger partial charge in [-0.1, -0.05) is 29.8 Å². The minimum absolute atomic E-state index is 0.196. The average Bonchev–Trinajstić information content (AvgIpc) is 3.14. The van der Waals surface area contributed by atoms with Crippen molar-refractivity contribution in [3.63, 3.8) is 0 Å². The fraction of sp³-hybridized carbons (Fsp3) is 0.350. The maximum Gasteiger partial charge on any atom is 0.231 e. The van der Waals surface area contributed by atoms with Crippen LogP contribution in [0.5, 0.6) is 11.5 Å². The highest BCUT2D eigenvalue weighted by Crippen LogP contribution is 2.33. The zero-order valence-electron chi connectivity index (χ0n) is 14.5. The number of anilines is 1.